The number of nitrogens with zero attached hydrogens (tertiary/aromatic N) is 1. The van der Waals surface area contributed by atoms with E-state index in [2.05, 4.69) is 42.5 Å². The van der Waals surface area contributed by atoms with E-state index in [0.29, 0.717) is 12.0 Å². The van der Waals surface area contributed by atoms with E-state index in [1.807, 2.05) is 54.6 Å². The fourth-order valence-electron chi connectivity index (χ4n) is 4.51. The molecule has 0 fully saturated rings. The Bertz CT molecular complexity index is 1430. The Labute approximate surface area is 181 Å². The zero-order valence-electron chi connectivity index (χ0n) is 17.1. The van der Waals surface area contributed by atoms with Crippen LogP contribution in [0.5, 0.6) is 0 Å². The molecule has 31 heavy (non-hydrogen) atoms. The van der Waals surface area contributed by atoms with Crippen molar-refractivity contribution in [2.75, 3.05) is 0 Å². The molecule has 0 unspecified atom stereocenters. The Morgan fingerprint density at radius 2 is 1.55 bits per heavy atom. The smallest absolute Gasteiger partial charge is 0.168 e. The summed E-state index contributed by atoms with van der Waals surface area (Å²) in [5.74, 6) is 0.279. The van der Waals surface area contributed by atoms with Crippen molar-refractivity contribution < 1.29 is 4.79 Å². The van der Waals surface area contributed by atoms with Gasteiger partial charge in [0.15, 0.2) is 5.78 Å². The van der Waals surface area contributed by atoms with Crippen LogP contribution in [0.1, 0.15) is 40.7 Å². The summed E-state index contributed by atoms with van der Waals surface area (Å²) in [4.78, 5) is 12.5. The summed E-state index contributed by atoms with van der Waals surface area (Å²) < 4.78 is 0. The van der Waals surface area contributed by atoms with Gasteiger partial charge in [-0.15, -0.1) is 0 Å². The minimum atomic E-state index is 0.279. The van der Waals surface area contributed by atoms with Crippen LogP contribution in [-0.2, 0) is 0 Å². The molecule has 0 spiro atoms. The van der Waals surface area contributed by atoms with Crippen molar-refractivity contribution in [3.8, 4) is 6.07 Å². The summed E-state index contributed by atoms with van der Waals surface area (Å²) in [6, 6.07) is 28.2. The van der Waals surface area contributed by atoms with Gasteiger partial charge < -0.3 is 0 Å². The number of ketones is 1. The van der Waals surface area contributed by atoms with Crippen molar-refractivity contribution in [3.05, 3.63) is 113 Å². The Morgan fingerprint density at radius 3 is 2.39 bits per heavy atom. The van der Waals surface area contributed by atoms with Crippen molar-refractivity contribution in [3.63, 3.8) is 0 Å². The molecule has 0 bridgehead atoms. The van der Waals surface area contributed by atoms with Gasteiger partial charge in [-0.1, -0.05) is 84.5 Å². The first kappa shape index (κ1) is 19.0. The largest absolute Gasteiger partial charge is 0.294 e. The lowest BCUT2D eigenvalue weighted by Gasteiger charge is -2.24. The van der Waals surface area contributed by atoms with Crippen molar-refractivity contribution in [1.82, 2.24) is 0 Å². The molecular formula is C29H21NO. The van der Waals surface area contributed by atoms with Gasteiger partial charge in [-0.2, -0.15) is 5.26 Å². The molecule has 148 valence electrons. The number of benzene rings is 4. The summed E-state index contributed by atoms with van der Waals surface area (Å²) in [5.41, 5.74) is 5.36. The highest BCUT2D eigenvalue weighted by molar-refractivity contribution is 6.16. The van der Waals surface area contributed by atoms with Gasteiger partial charge in [0.2, 0.25) is 0 Å². The number of hydrogen-bond donors (Lipinski definition) is 0. The number of rotatable bonds is 0. The maximum Gasteiger partial charge on any atom is 0.168 e. The molecular weight excluding hydrogens is 378 g/mol. The maximum atomic E-state index is 12.5. The van der Waals surface area contributed by atoms with E-state index in [0.717, 1.165) is 40.1 Å². The summed E-state index contributed by atoms with van der Waals surface area (Å²) in [5, 5.41) is 13.2. The minimum absolute atomic E-state index is 0.279. The highest BCUT2D eigenvalue weighted by Crippen LogP contribution is 2.39. The number of carbonyl (C=O) groups excluding carboxylic acids is 1. The molecule has 4 aromatic rings. The lowest BCUT2D eigenvalue weighted by molar-refractivity contribution is 0.0992. The molecule has 0 radical (unpaired) electrons. The molecule has 0 amide bonds. The van der Waals surface area contributed by atoms with Crippen LogP contribution in [0.4, 0.5) is 0 Å². The van der Waals surface area contributed by atoms with Crippen molar-refractivity contribution in [2.24, 2.45) is 0 Å². The molecule has 2 aliphatic carbocycles. The average molecular weight is 399 g/mol. The first-order valence-corrected chi connectivity index (χ1v) is 10.6. The predicted molar refractivity (Wildman–Crippen MR) is 127 cm³/mol. The third kappa shape index (κ3) is 3.56. The van der Waals surface area contributed by atoms with Crippen LogP contribution >= 0.6 is 0 Å². The van der Waals surface area contributed by atoms with Crippen LogP contribution in [0.2, 0.25) is 0 Å². The third-order valence-electron chi connectivity index (χ3n) is 6.03. The van der Waals surface area contributed by atoms with E-state index in [-0.39, 0.29) is 5.78 Å². The van der Waals surface area contributed by atoms with Gasteiger partial charge in [-0.25, -0.2) is 0 Å². The second-order valence-electron chi connectivity index (χ2n) is 7.94. The molecule has 0 saturated carbocycles. The SMILES string of the molecule is N#Cc1ccc2ccccc2c1.O=C1CC2=C(C=CCC2)c2ccc3ccccc3c21. The van der Waals surface area contributed by atoms with Gasteiger partial charge in [0.25, 0.3) is 0 Å². The van der Waals surface area contributed by atoms with Gasteiger partial charge in [-0.3, -0.25) is 4.79 Å². The van der Waals surface area contributed by atoms with Crippen LogP contribution in [-0.4, -0.2) is 5.78 Å². The average Bonchev–Trinajstić information content (AvgIpc) is 2.84. The molecule has 0 atom stereocenters. The quantitative estimate of drug-likeness (QED) is 0.313. The first-order chi connectivity index (χ1) is 15.2. The van der Waals surface area contributed by atoms with E-state index >= 15 is 0 Å². The second kappa shape index (κ2) is 8.05. The summed E-state index contributed by atoms with van der Waals surface area (Å²) >= 11 is 0. The van der Waals surface area contributed by atoms with E-state index in [4.69, 9.17) is 5.26 Å². The van der Waals surface area contributed by atoms with Gasteiger partial charge in [-0.05, 0) is 57.7 Å². The van der Waals surface area contributed by atoms with Crippen LogP contribution in [0, 0.1) is 11.3 Å². The van der Waals surface area contributed by atoms with Gasteiger partial charge >= 0.3 is 0 Å². The van der Waals surface area contributed by atoms with Gasteiger partial charge in [0, 0.05) is 12.0 Å². The summed E-state index contributed by atoms with van der Waals surface area (Å²) in [7, 11) is 0. The van der Waals surface area contributed by atoms with Gasteiger partial charge in [0.05, 0.1) is 11.6 Å². The second-order valence-corrected chi connectivity index (χ2v) is 7.94. The van der Waals surface area contributed by atoms with Crippen LogP contribution in [0.25, 0.3) is 27.1 Å². The summed E-state index contributed by atoms with van der Waals surface area (Å²) in [6.45, 7) is 0. The van der Waals surface area contributed by atoms with E-state index < -0.39 is 0 Å². The van der Waals surface area contributed by atoms with E-state index in [1.165, 1.54) is 16.5 Å². The fourth-order valence-corrected chi connectivity index (χ4v) is 4.51. The lowest BCUT2D eigenvalue weighted by Crippen LogP contribution is -2.13. The molecule has 0 aliphatic heterocycles. The minimum Gasteiger partial charge on any atom is -0.294 e. The summed E-state index contributed by atoms with van der Waals surface area (Å²) in [6.07, 6.45) is 7.10. The molecule has 4 aromatic carbocycles. The molecule has 0 heterocycles. The van der Waals surface area contributed by atoms with E-state index in [9.17, 15) is 4.79 Å². The number of allylic oxidation sites excluding steroid dienone is 4. The monoisotopic (exact) mass is 399 g/mol. The Hall–Kier alpha value is -3.96. The van der Waals surface area contributed by atoms with Crippen molar-refractivity contribution >= 4 is 32.9 Å². The Kier molecular flexibility index (Phi) is 4.94. The van der Waals surface area contributed by atoms with Crippen LogP contribution < -0.4 is 0 Å². The molecule has 0 N–H and O–H groups in total. The predicted octanol–water partition coefficient (Wildman–Crippen LogP) is 7.24. The lowest BCUT2D eigenvalue weighted by atomic mass is 9.79. The Morgan fingerprint density at radius 1 is 0.806 bits per heavy atom. The number of Topliss-reactive ketones (excluding diaryl/α,β-unsaturated/α-hetero) is 1. The number of nitriles is 1. The van der Waals surface area contributed by atoms with Crippen molar-refractivity contribution in [2.45, 2.75) is 19.3 Å². The number of hydrogen-bond acceptors (Lipinski definition) is 2. The van der Waals surface area contributed by atoms with E-state index in [1.54, 1.807) is 0 Å². The zero-order valence-corrected chi connectivity index (χ0v) is 17.1. The first-order valence-electron chi connectivity index (χ1n) is 10.6. The van der Waals surface area contributed by atoms with Crippen LogP contribution in [0.15, 0.2) is 96.6 Å². The molecule has 6 rings (SSSR count). The number of fused-ring (bicyclic) bond motifs is 5. The fraction of sp³-hybridized carbons (Fsp3) is 0.103. The van der Waals surface area contributed by atoms with Crippen molar-refractivity contribution in [1.29, 1.82) is 5.26 Å². The highest BCUT2D eigenvalue weighted by Gasteiger charge is 2.26. The number of carbonyl (C=O) groups is 1. The normalized spacial score (nSPS) is 14.5. The molecule has 2 heteroatoms. The zero-order chi connectivity index (χ0) is 21.2. The standard InChI is InChI=1S/C18H14O.C11H7N/c19-17-11-13-6-2-3-7-14(13)16-10-9-12-5-1-4-8-15(12)18(16)17;12-8-9-5-6-10-3-1-2-4-11(10)7-9/h1,3-5,7-10H,2,6,11H2;1-7H. The van der Waals surface area contributed by atoms with Crippen LogP contribution in [0.3, 0.4) is 0 Å². The highest BCUT2D eigenvalue weighted by atomic mass is 16.1. The molecule has 0 saturated heterocycles. The Balaban J connectivity index is 0.000000147. The third-order valence-corrected chi connectivity index (χ3v) is 6.03. The maximum absolute atomic E-state index is 12.5. The topological polar surface area (TPSA) is 40.9 Å². The van der Waals surface area contributed by atoms with Gasteiger partial charge in [0.1, 0.15) is 0 Å². The molecule has 2 aliphatic rings. The molecule has 2 nitrogen and oxygen atoms in total. The molecule has 0 aromatic heterocycles.